The number of likely N-dealkylation sites (N-methyl/N-ethyl adjacent to an activating group) is 1. The predicted octanol–water partition coefficient (Wildman–Crippen LogP) is -0.189. The highest BCUT2D eigenvalue weighted by Gasteiger charge is 2.24. The van der Waals surface area contributed by atoms with Crippen LogP contribution < -0.4 is 10.2 Å². The van der Waals surface area contributed by atoms with Crippen LogP contribution in [0.25, 0.3) is 0 Å². The number of carbonyl (C=O) groups is 2. The Balaban J connectivity index is 1.54. The van der Waals surface area contributed by atoms with Crippen LogP contribution in [0, 0.1) is 11.3 Å². The standard InChI is InChI=1S/C18H24N4O3S/c1-21(12-17(24)22-6-8-25-9-7-22)11-16(23)20-18-14(10-19)13-4-2-3-5-15(13)26-18/h2-9,11-12H2,1H3,(H,20,23)/p+1. The molecule has 0 aromatic carbocycles. The number of carbonyl (C=O) groups excluding carboxylic acids is 2. The van der Waals surface area contributed by atoms with Crippen molar-refractivity contribution in [2.75, 3.05) is 51.8 Å². The number of nitriles is 1. The second-order valence-corrected chi connectivity index (χ2v) is 7.98. The molecule has 3 rings (SSSR count). The van der Waals surface area contributed by atoms with E-state index in [-0.39, 0.29) is 24.9 Å². The molecule has 8 heteroatoms. The lowest BCUT2D eigenvalue weighted by Crippen LogP contribution is -3.11. The van der Waals surface area contributed by atoms with Gasteiger partial charge in [-0.2, -0.15) is 5.26 Å². The Kier molecular flexibility index (Phi) is 6.25. The maximum atomic E-state index is 12.4. The number of anilines is 1. The van der Waals surface area contributed by atoms with Gasteiger partial charge in [0, 0.05) is 18.0 Å². The number of nitrogens with zero attached hydrogens (tertiary/aromatic N) is 2. The van der Waals surface area contributed by atoms with Crippen molar-refractivity contribution in [2.24, 2.45) is 0 Å². The Morgan fingerprint density at radius 1 is 1.27 bits per heavy atom. The molecule has 2 amide bonds. The molecule has 1 aromatic rings. The van der Waals surface area contributed by atoms with E-state index in [1.54, 1.807) is 4.90 Å². The number of hydrogen-bond donors (Lipinski definition) is 2. The number of aryl methyl sites for hydroxylation is 1. The summed E-state index contributed by atoms with van der Waals surface area (Å²) in [6, 6.07) is 2.25. The van der Waals surface area contributed by atoms with Crippen LogP contribution >= 0.6 is 11.3 Å². The lowest BCUT2D eigenvalue weighted by molar-refractivity contribution is -0.862. The quantitative estimate of drug-likeness (QED) is 0.745. The van der Waals surface area contributed by atoms with E-state index >= 15 is 0 Å². The van der Waals surface area contributed by atoms with Crippen molar-refractivity contribution in [2.45, 2.75) is 25.7 Å². The third-order valence-electron chi connectivity index (χ3n) is 4.82. The lowest BCUT2D eigenvalue weighted by Gasteiger charge is -2.27. The smallest absolute Gasteiger partial charge is 0.280 e. The number of morpholine rings is 1. The molecule has 2 aliphatic rings. The summed E-state index contributed by atoms with van der Waals surface area (Å²) in [5, 5.41) is 13.0. The summed E-state index contributed by atoms with van der Waals surface area (Å²) in [5.41, 5.74) is 1.74. The number of quaternary nitrogens is 1. The van der Waals surface area contributed by atoms with Crippen molar-refractivity contribution in [3.63, 3.8) is 0 Å². The van der Waals surface area contributed by atoms with Crippen molar-refractivity contribution in [1.29, 1.82) is 5.26 Å². The SMILES string of the molecule is C[NH+](CC(=O)Nc1sc2c(c1C#N)CCCC2)CC(=O)N1CCOCC1. The van der Waals surface area contributed by atoms with E-state index in [0.29, 0.717) is 36.9 Å². The van der Waals surface area contributed by atoms with Crippen LogP contribution in [0.15, 0.2) is 0 Å². The Morgan fingerprint density at radius 3 is 2.73 bits per heavy atom. The van der Waals surface area contributed by atoms with Gasteiger partial charge in [-0.25, -0.2) is 0 Å². The average Bonchev–Trinajstić information content (AvgIpc) is 2.98. The molecule has 1 atom stereocenters. The van der Waals surface area contributed by atoms with E-state index < -0.39 is 0 Å². The van der Waals surface area contributed by atoms with Crippen molar-refractivity contribution in [1.82, 2.24) is 4.90 Å². The van der Waals surface area contributed by atoms with Crippen molar-refractivity contribution >= 4 is 28.2 Å². The Morgan fingerprint density at radius 2 is 2.00 bits per heavy atom. The fourth-order valence-corrected chi connectivity index (χ4v) is 4.72. The molecular weight excluding hydrogens is 352 g/mol. The number of hydrogen-bond acceptors (Lipinski definition) is 5. The molecule has 0 spiro atoms. The van der Waals surface area contributed by atoms with Gasteiger partial charge in [-0.1, -0.05) is 0 Å². The summed E-state index contributed by atoms with van der Waals surface area (Å²) < 4.78 is 5.25. The van der Waals surface area contributed by atoms with E-state index in [0.717, 1.165) is 36.1 Å². The zero-order chi connectivity index (χ0) is 18.5. The third kappa shape index (κ3) is 4.41. The third-order valence-corrected chi connectivity index (χ3v) is 6.02. The van der Waals surface area contributed by atoms with Crippen LogP contribution in [0.1, 0.15) is 28.8 Å². The van der Waals surface area contributed by atoms with Gasteiger partial charge in [-0.05, 0) is 31.2 Å². The molecule has 1 aliphatic heterocycles. The molecule has 7 nitrogen and oxygen atoms in total. The summed E-state index contributed by atoms with van der Waals surface area (Å²) in [5.74, 6) is -0.115. The van der Waals surface area contributed by atoms with Gasteiger partial charge in [-0.3, -0.25) is 9.59 Å². The van der Waals surface area contributed by atoms with Crippen LogP contribution in [-0.4, -0.2) is 63.2 Å². The van der Waals surface area contributed by atoms with E-state index in [1.165, 1.54) is 16.2 Å². The van der Waals surface area contributed by atoms with Gasteiger partial charge in [0.05, 0.1) is 25.8 Å². The zero-order valence-electron chi connectivity index (χ0n) is 15.1. The molecule has 0 radical (unpaired) electrons. The summed E-state index contributed by atoms with van der Waals surface area (Å²) in [4.78, 5) is 28.5. The topological polar surface area (TPSA) is 86.9 Å². The normalized spacial score (nSPS) is 17.9. The molecule has 1 fully saturated rings. The summed E-state index contributed by atoms with van der Waals surface area (Å²) in [6.45, 7) is 2.86. The highest BCUT2D eigenvalue weighted by molar-refractivity contribution is 7.16. The number of thiophene rings is 1. The highest BCUT2D eigenvalue weighted by Crippen LogP contribution is 2.37. The van der Waals surface area contributed by atoms with E-state index in [1.807, 2.05) is 7.05 Å². The Bertz CT molecular complexity index is 719. The first-order valence-electron chi connectivity index (χ1n) is 9.09. The average molecular weight is 377 g/mol. The fraction of sp³-hybridized carbons (Fsp3) is 0.611. The van der Waals surface area contributed by atoms with Crippen LogP contribution in [0.3, 0.4) is 0 Å². The van der Waals surface area contributed by atoms with Crippen LogP contribution in [0.4, 0.5) is 5.00 Å². The molecule has 26 heavy (non-hydrogen) atoms. The van der Waals surface area contributed by atoms with Gasteiger partial charge in [0.2, 0.25) is 0 Å². The van der Waals surface area contributed by atoms with E-state index in [2.05, 4.69) is 11.4 Å². The van der Waals surface area contributed by atoms with Gasteiger partial charge < -0.3 is 19.9 Å². The first kappa shape index (κ1) is 18.8. The van der Waals surface area contributed by atoms with Gasteiger partial charge in [0.15, 0.2) is 13.1 Å². The van der Waals surface area contributed by atoms with Crippen molar-refractivity contribution < 1.29 is 19.2 Å². The molecular formula is C18H25N4O3S+. The largest absolute Gasteiger partial charge is 0.378 e. The molecule has 0 bridgehead atoms. The molecule has 0 saturated carbocycles. The minimum atomic E-state index is -0.160. The van der Waals surface area contributed by atoms with E-state index in [9.17, 15) is 14.9 Å². The molecule has 140 valence electrons. The molecule has 1 aromatic heterocycles. The summed E-state index contributed by atoms with van der Waals surface area (Å²) in [6.07, 6.45) is 4.15. The van der Waals surface area contributed by atoms with E-state index in [4.69, 9.17) is 4.74 Å². The fourth-order valence-electron chi connectivity index (χ4n) is 3.46. The summed E-state index contributed by atoms with van der Waals surface area (Å²) in [7, 11) is 1.84. The first-order valence-corrected chi connectivity index (χ1v) is 9.91. The maximum absolute atomic E-state index is 12.4. The monoisotopic (exact) mass is 377 g/mol. The van der Waals surface area contributed by atoms with Gasteiger partial charge in [-0.15, -0.1) is 11.3 Å². The lowest BCUT2D eigenvalue weighted by atomic mass is 9.96. The molecule has 2 heterocycles. The van der Waals surface area contributed by atoms with Crippen LogP contribution in [-0.2, 0) is 27.2 Å². The molecule has 1 aliphatic carbocycles. The zero-order valence-corrected chi connectivity index (χ0v) is 15.9. The molecule has 2 N–H and O–H groups in total. The highest BCUT2D eigenvalue weighted by atomic mass is 32.1. The predicted molar refractivity (Wildman–Crippen MR) is 98.3 cm³/mol. The van der Waals surface area contributed by atoms with Gasteiger partial charge in [0.1, 0.15) is 11.1 Å². The first-order chi connectivity index (χ1) is 12.6. The number of ether oxygens (including phenoxy) is 1. The van der Waals surface area contributed by atoms with Crippen LogP contribution in [0.5, 0.6) is 0 Å². The van der Waals surface area contributed by atoms with Gasteiger partial charge >= 0.3 is 0 Å². The molecule has 1 saturated heterocycles. The Hall–Kier alpha value is -1.95. The maximum Gasteiger partial charge on any atom is 0.280 e. The van der Waals surface area contributed by atoms with Crippen molar-refractivity contribution in [3.05, 3.63) is 16.0 Å². The second-order valence-electron chi connectivity index (χ2n) is 6.88. The van der Waals surface area contributed by atoms with Crippen molar-refractivity contribution in [3.8, 4) is 6.07 Å². The second kappa shape index (κ2) is 8.62. The Labute approximate surface area is 157 Å². The number of fused-ring (bicyclic) bond motifs is 1. The number of nitrogens with one attached hydrogen (secondary N) is 2. The number of rotatable bonds is 5. The number of amides is 2. The summed E-state index contributed by atoms with van der Waals surface area (Å²) >= 11 is 1.53. The van der Waals surface area contributed by atoms with Gasteiger partial charge in [0.25, 0.3) is 11.8 Å². The molecule has 1 unspecified atom stereocenters. The minimum absolute atomic E-state index is 0.0444. The van der Waals surface area contributed by atoms with Crippen LogP contribution in [0.2, 0.25) is 0 Å². The minimum Gasteiger partial charge on any atom is -0.378 e.